The van der Waals surface area contributed by atoms with Crippen LogP contribution in [0.5, 0.6) is 5.75 Å². The van der Waals surface area contributed by atoms with Gasteiger partial charge < -0.3 is 15.0 Å². The fourth-order valence-corrected chi connectivity index (χ4v) is 7.16. The minimum absolute atomic E-state index is 0.147. The Morgan fingerprint density at radius 3 is 2.11 bits per heavy atom. The molecule has 0 saturated carbocycles. The van der Waals surface area contributed by atoms with E-state index in [1.165, 1.54) is 4.31 Å². The molecule has 45 heavy (non-hydrogen) atoms. The molecule has 0 aliphatic carbocycles. The van der Waals surface area contributed by atoms with E-state index in [1.54, 1.807) is 36.3 Å². The molecule has 1 heterocycles. The van der Waals surface area contributed by atoms with Crippen molar-refractivity contribution in [1.82, 2.24) is 14.5 Å². The molecule has 4 aromatic carbocycles. The number of carbonyl (C=O) groups excluding carboxylic acids is 2. The summed E-state index contributed by atoms with van der Waals surface area (Å²) in [6.45, 7) is 1.58. The van der Waals surface area contributed by atoms with Crippen molar-refractivity contribution < 1.29 is 22.7 Å². The summed E-state index contributed by atoms with van der Waals surface area (Å²) in [6, 6.07) is 32.3. The predicted octanol–water partition coefficient (Wildman–Crippen LogP) is 5.50. The molecule has 0 spiro atoms. The first kappa shape index (κ1) is 31.9. The number of methoxy groups -OCH3 is 1. The number of benzene rings is 4. The second-order valence-corrected chi connectivity index (χ2v) is 13.0. The van der Waals surface area contributed by atoms with Crippen molar-refractivity contribution in [1.29, 1.82) is 0 Å². The Bertz CT molecular complexity index is 1670. The van der Waals surface area contributed by atoms with Gasteiger partial charge in [-0.25, -0.2) is 8.42 Å². The van der Waals surface area contributed by atoms with Crippen LogP contribution in [0.2, 0.25) is 0 Å². The Hall–Kier alpha value is -4.47. The van der Waals surface area contributed by atoms with E-state index in [1.807, 2.05) is 84.9 Å². The summed E-state index contributed by atoms with van der Waals surface area (Å²) in [4.78, 5) is 29.9. The summed E-state index contributed by atoms with van der Waals surface area (Å²) in [5.74, 6) is 0.187. The Morgan fingerprint density at radius 2 is 1.44 bits per heavy atom. The van der Waals surface area contributed by atoms with Gasteiger partial charge in [-0.15, -0.1) is 0 Å². The summed E-state index contributed by atoms with van der Waals surface area (Å²) in [6.07, 6.45) is 2.30. The molecule has 1 aliphatic rings. The van der Waals surface area contributed by atoms with Crippen molar-refractivity contribution in [2.24, 2.45) is 0 Å². The van der Waals surface area contributed by atoms with Crippen LogP contribution in [0, 0.1) is 0 Å². The molecule has 234 valence electrons. The van der Waals surface area contributed by atoms with Gasteiger partial charge in [-0.05, 0) is 54.2 Å². The van der Waals surface area contributed by atoms with Gasteiger partial charge in [0.05, 0.1) is 12.0 Å². The second-order valence-electron chi connectivity index (χ2n) is 11.1. The number of nitrogens with zero attached hydrogens (tertiary/aromatic N) is 2. The van der Waals surface area contributed by atoms with E-state index in [-0.39, 0.29) is 36.2 Å². The van der Waals surface area contributed by atoms with Crippen molar-refractivity contribution >= 4 is 21.8 Å². The van der Waals surface area contributed by atoms with Crippen molar-refractivity contribution in [3.05, 3.63) is 131 Å². The Kier molecular flexibility index (Phi) is 10.7. The molecular formula is C36H39N3O5S. The highest BCUT2D eigenvalue weighted by molar-refractivity contribution is 7.89. The van der Waals surface area contributed by atoms with Gasteiger partial charge in [-0.2, -0.15) is 4.31 Å². The van der Waals surface area contributed by atoms with Gasteiger partial charge in [0.15, 0.2) is 0 Å². The summed E-state index contributed by atoms with van der Waals surface area (Å²) in [5.41, 5.74) is 3.29. The van der Waals surface area contributed by atoms with E-state index in [2.05, 4.69) is 5.32 Å². The van der Waals surface area contributed by atoms with Crippen molar-refractivity contribution in [2.45, 2.75) is 49.7 Å². The first-order valence-corrected chi connectivity index (χ1v) is 16.7. The molecule has 0 radical (unpaired) electrons. The highest BCUT2D eigenvalue weighted by Gasteiger charge is 2.32. The van der Waals surface area contributed by atoms with E-state index in [0.717, 1.165) is 29.5 Å². The van der Waals surface area contributed by atoms with Gasteiger partial charge in [0.25, 0.3) is 0 Å². The molecule has 2 amide bonds. The number of hydrogen-bond donors (Lipinski definition) is 1. The summed E-state index contributed by atoms with van der Waals surface area (Å²) >= 11 is 0. The smallest absolute Gasteiger partial charge is 0.247 e. The number of carbonyl (C=O) groups is 2. The van der Waals surface area contributed by atoms with Crippen LogP contribution in [0.25, 0.3) is 0 Å². The fraction of sp³-hybridized carbons (Fsp3) is 0.278. The number of amides is 2. The fourth-order valence-electron chi connectivity index (χ4n) is 5.64. The number of rotatable bonds is 13. The molecular weight excluding hydrogens is 586 g/mol. The normalized spacial score (nSPS) is 14.1. The minimum atomic E-state index is -3.51. The van der Waals surface area contributed by atoms with Gasteiger partial charge in [-0.1, -0.05) is 91.0 Å². The zero-order valence-electron chi connectivity index (χ0n) is 25.5. The summed E-state index contributed by atoms with van der Waals surface area (Å²) in [7, 11) is -1.92. The van der Waals surface area contributed by atoms with Crippen molar-refractivity contribution in [3.63, 3.8) is 0 Å². The molecule has 1 atom stereocenters. The Balaban J connectivity index is 1.37. The second kappa shape index (κ2) is 15.0. The minimum Gasteiger partial charge on any atom is -0.496 e. The predicted molar refractivity (Wildman–Crippen MR) is 174 cm³/mol. The average Bonchev–Trinajstić information content (AvgIpc) is 3.64. The van der Waals surface area contributed by atoms with E-state index in [9.17, 15) is 18.0 Å². The topological polar surface area (TPSA) is 96.0 Å². The molecule has 1 aliphatic heterocycles. The molecule has 5 rings (SSSR count). The van der Waals surface area contributed by atoms with Crippen LogP contribution in [0.15, 0.2) is 114 Å². The first-order valence-electron chi connectivity index (χ1n) is 15.2. The lowest BCUT2D eigenvalue weighted by atomic mass is 10.0. The quantitative estimate of drug-likeness (QED) is 0.212. The maximum Gasteiger partial charge on any atom is 0.247 e. The molecule has 9 heteroatoms. The number of para-hydroxylation sites is 1. The van der Waals surface area contributed by atoms with Crippen LogP contribution in [-0.4, -0.2) is 49.6 Å². The van der Waals surface area contributed by atoms with Crippen LogP contribution in [-0.2, 0) is 39.1 Å². The van der Waals surface area contributed by atoms with E-state index in [0.29, 0.717) is 30.8 Å². The molecule has 0 unspecified atom stereocenters. The van der Waals surface area contributed by atoms with E-state index in [4.69, 9.17) is 4.74 Å². The number of nitrogens with one attached hydrogen (secondary N) is 1. The molecule has 1 saturated heterocycles. The van der Waals surface area contributed by atoms with Crippen LogP contribution in [0.3, 0.4) is 0 Å². The molecule has 8 nitrogen and oxygen atoms in total. The summed E-state index contributed by atoms with van der Waals surface area (Å²) in [5, 5.41) is 3.04. The van der Waals surface area contributed by atoms with E-state index >= 15 is 0 Å². The highest BCUT2D eigenvalue weighted by atomic mass is 32.2. The van der Waals surface area contributed by atoms with Crippen molar-refractivity contribution in [2.75, 3.05) is 20.2 Å². The third kappa shape index (κ3) is 7.98. The number of aryl methyl sites for hydroxylation is 1. The highest BCUT2D eigenvalue weighted by Crippen LogP contribution is 2.27. The Morgan fingerprint density at radius 1 is 0.822 bits per heavy atom. The molecule has 0 bridgehead atoms. The van der Waals surface area contributed by atoms with Crippen LogP contribution < -0.4 is 10.1 Å². The van der Waals surface area contributed by atoms with Crippen LogP contribution >= 0.6 is 0 Å². The zero-order valence-corrected chi connectivity index (χ0v) is 26.3. The summed E-state index contributed by atoms with van der Waals surface area (Å²) < 4.78 is 32.9. The standard InChI is InChI=1S/C36H39N3O5S/c1-44-33-17-9-8-16-31(33)26-37-36(41)35(30-14-6-3-7-15-30)39(27-29-12-4-2-5-13-29)34(40)23-20-28-18-21-32(22-19-28)45(42,43)38-24-10-11-25-38/h2-9,12-19,21-22,35H,10-11,20,23-27H2,1H3,(H,37,41)/t35-/m1/s1. The lowest BCUT2D eigenvalue weighted by Crippen LogP contribution is -2.43. The average molecular weight is 626 g/mol. The lowest BCUT2D eigenvalue weighted by Gasteiger charge is -2.32. The maximum atomic E-state index is 14.0. The monoisotopic (exact) mass is 625 g/mol. The lowest BCUT2D eigenvalue weighted by molar-refractivity contribution is -0.141. The van der Waals surface area contributed by atoms with Gasteiger partial charge >= 0.3 is 0 Å². The Labute approximate surface area is 265 Å². The van der Waals surface area contributed by atoms with Gasteiger partial charge in [-0.3, -0.25) is 9.59 Å². The molecule has 1 fully saturated rings. The third-order valence-corrected chi connectivity index (χ3v) is 10.0. The maximum absolute atomic E-state index is 14.0. The first-order chi connectivity index (χ1) is 21.9. The van der Waals surface area contributed by atoms with Gasteiger partial charge in [0.1, 0.15) is 11.8 Å². The number of ether oxygens (including phenoxy) is 1. The van der Waals surface area contributed by atoms with Gasteiger partial charge in [0.2, 0.25) is 21.8 Å². The number of hydrogen-bond acceptors (Lipinski definition) is 5. The third-order valence-electron chi connectivity index (χ3n) is 8.09. The SMILES string of the molecule is COc1ccccc1CNC(=O)[C@@H](c1ccccc1)N(Cc1ccccc1)C(=O)CCc1ccc(S(=O)(=O)N2CCCC2)cc1. The molecule has 1 N–H and O–H groups in total. The number of sulfonamides is 1. The van der Waals surface area contributed by atoms with Crippen molar-refractivity contribution in [3.8, 4) is 5.75 Å². The largest absolute Gasteiger partial charge is 0.496 e. The van der Waals surface area contributed by atoms with Crippen LogP contribution in [0.1, 0.15) is 47.6 Å². The zero-order chi connectivity index (χ0) is 31.6. The van der Waals surface area contributed by atoms with Crippen LogP contribution in [0.4, 0.5) is 0 Å². The molecule has 4 aromatic rings. The molecule has 0 aromatic heterocycles. The van der Waals surface area contributed by atoms with E-state index < -0.39 is 16.1 Å². The van der Waals surface area contributed by atoms with Gasteiger partial charge in [0, 0.05) is 38.2 Å².